The second-order valence-electron chi connectivity index (χ2n) is 4.90. The van der Waals surface area contributed by atoms with Crippen LogP contribution in [0.5, 0.6) is 5.75 Å². The monoisotopic (exact) mass is 338 g/mol. The van der Waals surface area contributed by atoms with E-state index in [0.717, 1.165) is 42.6 Å². The molecule has 0 bridgehead atoms. The summed E-state index contributed by atoms with van der Waals surface area (Å²) in [5.74, 6) is 0.730. The Morgan fingerprint density at radius 3 is 2.95 bits per heavy atom. The van der Waals surface area contributed by atoms with Crippen molar-refractivity contribution in [2.45, 2.75) is 32.5 Å². The fraction of sp³-hybridized carbons (Fsp3) is 0.400. The summed E-state index contributed by atoms with van der Waals surface area (Å²) in [6.07, 6.45) is 2.94. The summed E-state index contributed by atoms with van der Waals surface area (Å²) in [4.78, 5) is 11.6. The van der Waals surface area contributed by atoms with Crippen molar-refractivity contribution >= 4 is 26.9 Å². The van der Waals surface area contributed by atoms with Crippen molar-refractivity contribution in [3.8, 4) is 5.75 Å². The summed E-state index contributed by atoms with van der Waals surface area (Å²) in [5.41, 5.74) is 1.05. The van der Waals surface area contributed by atoms with Gasteiger partial charge in [-0.25, -0.2) is 4.79 Å². The molecule has 1 aromatic heterocycles. The molecule has 4 nitrogen and oxygen atoms in total. The lowest BCUT2D eigenvalue weighted by Crippen LogP contribution is -2.24. The zero-order valence-corrected chi connectivity index (χ0v) is 12.7. The Morgan fingerprint density at radius 1 is 1.35 bits per heavy atom. The Hall–Kier alpha value is -1.33. The van der Waals surface area contributed by atoms with E-state index >= 15 is 0 Å². The average molecular weight is 339 g/mol. The van der Waals surface area contributed by atoms with E-state index in [0.29, 0.717) is 10.1 Å². The minimum absolute atomic E-state index is 0.180. The average Bonchev–Trinajstić information content (AvgIpc) is 2.47. The Labute approximate surface area is 124 Å². The molecule has 1 saturated heterocycles. The summed E-state index contributed by atoms with van der Waals surface area (Å²) in [6.45, 7) is 2.63. The third-order valence-electron chi connectivity index (χ3n) is 3.47. The lowest BCUT2D eigenvalue weighted by molar-refractivity contribution is -0.105. The predicted octanol–water partition coefficient (Wildman–Crippen LogP) is 3.77. The normalized spacial score (nSPS) is 19.2. The van der Waals surface area contributed by atoms with Gasteiger partial charge in [0.25, 0.3) is 0 Å². The zero-order valence-electron chi connectivity index (χ0n) is 11.1. The number of hydrogen-bond donors (Lipinski definition) is 0. The second kappa shape index (κ2) is 5.58. The van der Waals surface area contributed by atoms with Crippen LogP contribution in [0.15, 0.2) is 31.9 Å². The molecular weight excluding hydrogens is 324 g/mol. The molecule has 2 heterocycles. The van der Waals surface area contributed by atoms with Gasteiger partial charge in [-0.2, -0.15) is 0 Å². The van der Waals surface area contributed by atoms with E-state index in [4.69, 9.17) is 13.9 Å². The van der Waals surface area contributed by atoms with Gasteiger partial charge >= 0.3 is 5.63 Å². The van der Waals surface area contributed by atoms with Crippen LogP contribution >= 0.6 is 15.9 Å². The lowest BCUT2D eigenvalue weighted by Gasteiger charge is -2.23. The van der Waals surface area contributed by atoms with E-state index in [-0.39, 0.29) is 11.9 Å². The fourth-order valence-corrected chi connectivity index (χ4v) is 2.63. The Morgan fingerprint density at radius 2 is 2.20 bits per heavy atom. The van der Waals surface area contributed by atoms with Crippen LogP contribution in [-0.2, 0) is 4.74 Å². The molecule has 1 aliphatic rings. The molecule has 1 aliphatic heterocycles. The van der Waals surface area contributed by atoms with Gasteiger partial charge in [0.1, 0.15) is 15.8 Å². The molecule has 3 rings (SSSR count). The van der Waals surface area contributed by atoms with Crippen molar-refractivity contribution < 1.29 is 13.9 Å². The highest BCUT2D eigenvalue weighted by Crippen LogP contribution is 2.28. The Balaban J connectivity index is 1.95. The smallest absolute Gasteiger partial charge is 0.350 e. The third-order valence-corrected chi connectivity index (χ3v) is 4.39. The largest absolute Gasteiger partial charge is 0.465 e. The summed E-state index contributed by atoms with van der Waals surface area (Å²) in [6, 6.07) is 5.45. The topological polar surface area (TPSA) is 48.7 Å². The summed E-state index contributed by atoms with van der Waals surface area (Å²) in [7, 11) is 0. The number of aryl methyl sites for hydroxylation is 1. The van der Waals surface area contributed by atoms with Gasteiger partial charge in [-0.05, 0) is 59.5 Å². The van der Waals surface area contributed by atoms with E-state index in [1.54, 1.807) is 12.1 Å². The molecule has 0 amide bonds. The van der Waals surface area contributed by atoms with Crippen LogP contribution < -0.4 is 10.4 Å². The third kappa shape index (κ3) is 2.60. The first kappa shape index (κ1) is 13.6. The predicted molar refractivity (Wildman–Crippen MR) is 79.1 cm³/mol. The summed E-state index contributed by atoms with van der Waals surface area (Å²) >= 11 is 3.25. The molecule has 0 radical (unpaired) electrons. The number of ether oxygens (including phenoxy) is 2. The number of fused-ring (bicyclic) bond motifs is 1. The van der Waals surface area contributed by atoms with Crippen molar-refractivity contribution in [1.82, 2.24) is 0 Å². The van der Waals surface area contributed by atoms with Crippen LogP contribution in [-0.4, -0.2) is 12.9 Å². The standard InChI is InChI=1S/C15H15BrO4/c1-9-11-8-10(19-13-4-2-3-7-18-13)5-6-12(11)20-15(17)14(9)16/h5-6,8,13H,2-4,7H2,1H3/t13-/m1/s1. The van der Waals surface area contributed by atoms with Gasteiger partial charge in [0, 0.05) is 11.8 Å². The van der Waals surface area contributed by atoms with Crippen molar-refractivity contribution in [2.24, 2.45) is 0 Å². The maximum atomic E-state index is 11.6. The van der Waals surface area contributed by atoms with Crippen molar-refractivity contribution in [3.63, 3.8) is 0 Å². The highest BCUT2D eigenvalue weighted by molar-refractivity contribution is 9.10. The minimum Gasteiger partial charge on any atom is -0.465 e. The van der Waals surface area contributed by atoms with Crippen molar-refractivity contribution in [1.29, 1.82) is 0 Å². The van der Waals surface area contributed by atoms with Crippen LogP contribution in [0.2, 0.25) is 0 Å². The molecule has 0 N–H and O–H groups in total. The molecule has 1 aromatic carbocycles. The highest BCUT2D eigenvalue weighted by Gasteiger charge is 2.16. The molecule has 0 saturated carbocycles. The molecule has 0 unspecified atom stereocenters. The molecule has 106 valence electrons. The fourth-order valence-electron chi connectivity index (χ4n) is 2.34. The number of rotatable bonds is 2. The molecule has 2 aromatic rings. The molecule has 20 heavy (non-hydrogen) atoms. The minimum atomic E-state index is -0.362. The van der Waals surface area contributed by atoms with Gasteiger partial charge in [0.2, 0.25) is 0 Å². The molecule has 1 fully saturated rings. The summed E-state index contributed by atoms with van der Waals surface area (Å²) < 4.78 is 17.1. The van der Waals surface area contributed by atoms with Gasteiger partial charge in [-0.1, -0.05) is 0 Å². The first-order valence-corrected chi connectivity index (χ1v) is 7.45. The van der Waals surface area contributed by atoms with Crippen LogP contribution in [0.1, 0.15) is 24.8 Å². The molecule has 0 spiro atoms. The van der Waals surface area contributed by atoms with Crippen molar-refractivity contribution in [2.75, 3.05) is 6.61 Å². The number of benzene rings is 1. The van der Waals surface area contributed by atoms with Crippen LogP contribution in [0, 0.1) is 6.92 Å². The second-order valence-corrected chi connectivity index (χ2v) is 5.69. The molecule has 1 atom stereocenters. The van der Waals surface area contributed by atoms with Gasteiger partial charge in [0.15, 0.2) is 6.29 Å². The number of halogens is 1. The van der Waals surface area contributed by atoms with Crippen LogP contribution in [0.4, 0.5) is 0 Å². The molecule has 0 aliphatic carbocycles. The van der Waals surface area contributed by atoms with E-state index in [2.05, 4.69) is 15.9 Å². The lowest BCUT2D eigenvalue weighted by atomic mass is 10.1. The van der Waals surface area contributed by atoms with E-state index < -0.39 is 0 Å². The first-order valence-electron chi connectivity index (χ1n) is 6.66. The van der Waals surface area contributed by atoms with Crippen LogP contribution in [0.25, 0.3) is 11.0 Å². The SMILES string of the molecule is Cc1c(Br)c(=O)oc2ccc(O[C@@H]3CCCCO3)cc12. The van der Waals surface area contributed by atoms with Gasteiger partial charge in [-0.3, -0.25) is 0 Å². The van der Waals surface area contributed by atoms with E-state index in [1.807, 2.05) is 13.0 Å². The quantitative estimate of drug-likeness (QED) is 0.782. The van der Waals surface area contributed by atoms with Gasteiger partial charge in [0.05, 0.1) is 6.61 Å². The first-order chi connectivity index (χ1) is 9.65. The highest BCUT2D eigenvalue weighted by atomic mass is 79.9. The van der Waals surface area contributed by atoms with E-state index in [9.17, 15) is 4.79 Å². The number of hydrogen-bond acceptors (Lipinski definition) is 4. The zero-order chi connectivity index (χ0) is 14.1. The van der Waals surface area contributed by atoms with E-state index in [1.165, 1.54) is 0 Å². The summed E-state index contributed by atoms with van der Waals surface area (Å²) in [5, 5.41) is 0.866. The van der Waals surface area contributed by atoms with Crippen molar-refractivity contribution in [3.05, 3.63) is 38.7 Å². The maximum absolute atomic E-state index is 11.6. The molecular formula is C15H15BrO4. The van der Waals surface area contributed by atoms with Crippen LogP contribution in [0.3, 0.4) is 0 Å². The van der Waals surface area contributed by atoms with Gasteiger partial charge in [-0.15, -0.1) is 0 Å². The Bertz CT molecular complexity index is 686. The van der Waals surface area contributed by atoms with Gasteiger partial charge < -0.3 is 13.9 Å². The molecule has 5 heteroatoms. The maximum Gasteiger partial charge on any atom is 0.350 e. The Kier molecular flexibility index (Phi) is 3.81.